The summed E-state index contributed by atoms with van der Waals surface area (Å²) in [4.78, 5) is 28.6. The molecule has 190 valence electrons. The molecule has 1 N–H and O–H groups in total. The number of halogens is 5. The summed E-state index contributed by atoms with van der Waals surface area (Å²) in [6.45, 7) is 5.65. The fourth-order valence-electron chi connectivity index (χ4n) is 3.83. The van der Waals surface area contributed by atoms with E-state index in [0.717, 1.165) is 12.8 Å². The first-order chi connectivity index (χ1) is 15.7. The van der Waals surface area contributed by atoms with Gasteiger partial charge in [-0.2, -0.15) is 0 Å². The minimum Gasteiger partial charge on any atom is -0.444 e. The fourth-order valence-corrected chi connectivity index (χ4v) is 3.83. The second kappa shape index (κ2) is 9.83. The van der Waals surface area contributed by atoms with E-state index in [1.54, 1.807) is 30.6 Å². The van der Waals surface area contributed by atoms with Gasteiger partial charge in [0.15, 0.2) is 11.6 Å². The van der Waals surface area contributed by atoms with Gasteiger partial charge < -0.3 is 24.6 Å². The Labute approximate surface area is 194 Å². The molecule has 12 heteroatoms. The van der Waals surface area contributed by atoms with Crippen LogP contribution in [0.25, 0.3) is 0 Å². The van der Waals surface area contributed by atoms with Crippen LogP contribution in [-0.4, -0.2) is 59.1 Å². The summed E-state index contributed by atoms with van der Waals surface area (Å²) in [7, 11) is 0. The van der Waals surface area contributed by atoms with Crippen molar-refractivity contribution in [3.8, 4) is 5.75 Å². The number of carbonyl (C=O) groups is 2. The molecule has 1 heterocycles. The molecule has 7 nitrogen and oxygen atoms in total. The first-order valence-electron chi connectivity index (χ1n) is 11.0. The zero-order valence-corrected chi connectivity index (χ0v) is 19.2. The third-order valence-electron chi connectivity index (χ3n) is 5.37. The quantitative estimate of drug-likeness (QED) is 0.590. The maximum atomic E-state index is 14.2. The van der Waals surface area contributed by atoms with Crippen LogP contribution in [0.3, 0.4) is 0 Å². The van der Waals surface area contributed by atoms with Crippen molar-refractivity contribution in [2.24, 2.45) is 0 Å². The molecule has 3 amide bonds. The van der Waals surface area contributed by atoms with Crippen LogP contribution in [0.2, 0.25) is 0 Å². The monoisotopic (exact) mass is 493 g/mol. The zero-order valence-electron chi connectivity index (χ0n) is 19.2. The molecule has 1 aromatic carbocycles. The minimum absolute atomic E-state index is 0.0345. The largest absolute Gasteiger partial charge is 0.573 e. The highest BCUT2D eigenvalue weighted by Crippen LogP contribution is 2.32. The number of ether oxygens (including phenoxy) is 2. The lowest BCUT2D eigenvalue weighted by atomic mass is 10.0. The second-order valence-corrected chi connectivity index (χ2v) is 9.44. The summed E-state index contributed by atoms with van der Waals surface area (Å²) in [6.07, 6.45) is -2.74. The van der Waals surface area contributed by atoms with Crippen LogP contribution in [0.4, 0.5) is 31.5 Å². The Morgan fingerprint density at radius 1 is 1.09 bits per heavy atom. The van der Waals surface area contributed by atoms with Gasteiger partial charge in [-0.3, -0.25) is 0 Å². The van der Waals surface area contributed by atoms with Crippen LogP contribution < -0.4 is 10.1 Å². The number of nitrogens with zero attached hydrogens (tertiary/aromatic N) is 2. The van der Waals surface area contributed by atoms with Crippen molar-refractivity contribution in [2.45, 2.75) is 77.0 Å². The van der Waals surface area contributed by atoms with Crippen molar-refractivity contribution < 1.29 is 41.0 Å². The Balaban J connectivity index is 1.65. The topological polar surface area (TPSA) is 71.1 Å². The molecule has 1 unspecified atom stereocenters. The van der Waals surface area contributed by atoms with E-state index in [0.29, 0.717) is 31.5 Å². The highest BCUT2D eigenvalue weighted by Gasteiger charge is 2.40. The van der Waals surface area contributed by atoms with Gasteiger partial charge in [-0.1, -0.05) is 0 Å². The molecule has 1 atom stereocenters. The van der Waals surface area contributed by atoms with Crippen LogP contribution in [0.1, 0.15) is 52.0 Å². The minimum atomic E-state index is -5.17. The first-order valence-corrected chi connectivity index (χ1v) is 11.0. The van der Waals surface area contributed by atoms with E-state index < -0.39 is 48.0 Å². The average Bonchev–Trinajstić information content (AvgIpc) is 3.52. The van der Waals surface area contributed by atoms with Crippen LogP contribution in [0.15, 0.2) is 12.1 Å². The van der Waals surface area contributed by atoms with Gasteiger partial charge in [-0.05, 0) is 52.5 Å². The van der Waals surface area contributed by atoms with E-state index in [1.165, 1.54) is 0 Å². The number of rotatable bonds is 5. The molecule has 34 heavy (non-hydrogen) atoms. The van der Waals surface area contributed by atoms with E-state index >= 15 is 0 Å². The van der Waals surface area contributed by atoms with Crippen LogP contribution >= 0.6 is 0 Å². The molecular formula is C22H28F5N3O4. The fraction of sp³-hybridized carbons (Fsp3) is 0.636. The van der Waals surface area contributed by atoms with Crippen LogP contribution in [0, 0.1) is 11.6 Å². The van der Waals surface area contributed by atoms with Gasteiger partial charge in [0, 0.05) is 37.3 Å². The Bertz CT molecular complexity index is 915. The lowest BCUT2D eigenvalue weighted by molar-refractivity contribution is -0.275. The summed E-state index contributed by atoms with van der Waals surface area (Å²) in [5.41, 5.74) is -0.979. The van der Waals surface area contributed by atoms with Crippen molar-refractivity contribution in [1.82, 2.24) is 15.1 Å². The molecule has 2 fully saturated rings. The van der Waals surface area contributed by atoms with E-state index in [-0.39, 0.29) is 24.2 Å². The third-order valence-corrected chi connectivity index (χ3v) is 5.37. The maximum Gasteiger partial charge on any atom is 0.573 e. The van der Waals surface area contributed by atoms with Gasteiger partial charge >= 0.3 is 18.5 Å². The number of hydrogen-bond acceptors (Lipinski definition) is 4. The van der Waals surface area contributed by atoms with E-state index in [1.807, 2.05) is 0 Å². The SMILES string of the molecule is CC(C)(C)OC(=O)N1CCCC(N(C(=O)NCc2cc(F)c(OC(F)(F)F)cc2F)C2CC2)C1. The van der Waals surface area contributed by atoms with Gasteiger partial charge in [0.05, 0.1) is 6.04 Å². The van der Waals surface area contributed by atoms with E-state index in [4.69, 9.17) is 4.74 Å². The molecule has 1 aromatic rings. The average molecular weight is 493 g/mol. The summed E-state index contributed by atoms with van der Waals surface area (Å²) < 4.78 is 74.0. The maximum absolute atomic E-state index is 14.2. The summed E-state index contributed by atoms with van der Waals surface area (Å²) in [5, 5.41) is 2.52. The lowest BCUT2D eigenvalue weighted by Crippen LogP contribution is -2.55. The van der Waals surface area contributed by atoms with Gasteiger partial charge in [0.25, 0.3) is 0 Å². The lowest BCUT2D eigenvalue weighted by Gasteiger charge is -2.39. The number of hydrogen-bond donors (Lipinski definition) is 1. The number of benzene rings is 1. The molecule has 3 rings (SSSR count). The number of likely N-dealkylation sites (tertiary alicyclic amines) is 1. The predicted molar refractivity (Wildman–Crippen MR) is 111 cm³/mol. The summed E-state index contributed by atoms with van der Waals surface area (Å²) >= 11 is 0. The van der Waals surface area contributed by atoms with Gasteiger partial charge in [-0.25, -0.2) is 18.4 Å². The van der Waals surface area contributed by atoms with Gasteiger partial charge in [-0.15, -0.1) is 13.2 Å². The molecule has 1 saturated carbocycles. The van der Waals surface area contributed by atoms with Crippen molar-refractivity contribution >= 4 is 12.1 Å². The molecule has 2 aliphatic rings. The number of urea groups is 1. The summed E-state index contributed by atoms with van der Waals surface area (Å²) in [6, 6.07) is 0.0193. The standard InChI is InChI=1S/C22H28F5N3O4/c1-21(2,3)34-20(32)29-8-4-5-15(12-29)30(14-6-7-14)19(31)28-11-13-9-17(24)18(10-16(13)23)33-22(25,26)27/h9-10,14-15H,4-8,11-12H2,1-3H3,(H,28,31). The highest BCUT2D eigenvalue weighted by atomic mass is 19.4. The van der Waals surface area contributed by atoms with E-state index in [9.17, 15) is 31.5 Å². The number of piperidine rings is 1. The second-order valence-electron chi connectivity index (χ2n) is 9.44. The molecule has 1 aliphatic heterocycles. The Morgan fingerprint density at radius 3 is 2.35 bits per heavy atom. The summed E-state index contributed by atoms with van der Waals surface area (Å²) in [5.74, 6) is -3.83. The number of alkyl halides is 3. The Kier molecular flexibility index (Phi) is 7.47. The highest BCUT2D eigenvalue weighted by molar-refractivity contribution is 5.75. The number of amides is 3. The van der Waals surface area contributed by atoms with Crippen LogP contribution in [0.5, 0.6) is 5.75 Å². The molecule has 0 aromatic heterocycles. The predicted octanol–water partition coefficient (Wildman–Crippen LogP) is 4.94. The van der Waals surface area contributed by atoms with Crippen molar-refractivity contribution in [1.29, 1.82) is 0 Å². The van der Waals surface area contributed by atoms with Crippen molar-refractivity contribution in [3.63, 3.8) is 0 Å². The molecule has 1 aliphatic carbocycles. The zero-order chi connectivity index (χ0) is 25.3. The Morgan fingerprint density at radius 2 is 1.76 bits per heavy atom. The third kappa shape index (κ3) is 7.10. The number of nitrogens with one attached hydrogen (secondary N) is 1. The normalized spacial score (nSPS) is 18.9. The van der Waals surface area contributed by atoms with Gasteiger partial charge in [0.2, 0.25) is 0 Å². The molecule has 1 saturated heterocycles. The smallest absolute Gasteiger partial charge is 0.444 e. The number of carbonyl (C=O) groups excluding carboxylic acids is 2. The van der Waals surface area contributed by atoms with E-state index in [2.05, 4.69) is 10.1 Å². The molecule has 0 bridgehead atoms. The van der Waals surface area contributed by atoms with Crippen LogP contribution in [-0.2, 0) is 11.3 Å². The van der Waals surface area contributed by atoms with Crippen molar-refractivity contribution in [2.75, 3.05) is 13.1 Å². The molecule has 0 radical (unpaired) electrons. The first kappa shape index (κ1) is 25.8. The molecular weight excluding hydrogens is 465 g/mol. The van der Waals surface area contributed by atoms with Crippen molar-refractivity contribution in [3.05, 3.63) is 29.3 Å². The molecule has 0 spiro atoms. The van der Waals surface area contributed by atoms with Gasteiger partial charge in [0.1, 0.15) is 11.4 Å². The Hall–Kier alpha value is -2.79.